The van der Waals surface area contributed by atoms with Crippen LogP contribution < -0.4 is 5.32 Å². The maximum Gasteiger partial charge on any atom is 0.126 e. The first-order valence-corrected chi connectivity index (χ1v) is 7.01. The van der Waals surface area contributed by atoms with Crippen molar-refractivity contribution in [1.29, 1.82) is 0 Å². The fourth-order valence-electron chi connectivity index (χ4n) is 2.30. The summed E-state index contributed by atoms with van der Waals surface area (Å²) in [6.45, 7) is 4.13. The predicted molar refractivity (Wildman–Crippen MR) is 84.6 cm³/mol. The fourth-order valence-corrected chi connectivity index (χ4v) is 2.30. The van der Waals surface area contributed by atoms with Gasteiger partial charge in [0.25, 0.3) is 0 Å². The molecule has 4 heteroatoms. The molecule has 1 atom stereocenters. The number of imidazole rings is 1. The molecule has 0 spiro atoms. The second-order valence-corrected chi connectivity index (χ2v) is 5.10. The van der Waals surface area contributed by atoms with E-state index in [9.17, 15) is 0 Å². The summed E-state index contributed by atoms with van der Waals surface area (Å²) in [6.07, 6.45) is 5.53. The molecule has 1 aromatic carbocycles. The number of pyridine rings is 1. The molecule has 106 valence electrons. The average molecular weight is 278 g/mol. The van der Waals surface area contributed by atoms with Crippen LogP contribution in [0.25, 0.3) is 5.69 Å². The Labute approximate surface area is 124 Å². The summed E-state index contributed by atoms with van der Waals surface area (Å²) in [6, 6.07) is 14.6. The Morgan fingerprint density at radius 1 is 1.14 bits per heavy atom. The number of aryl methyl sites for hydroxylation is 1. The molecule has 0 saturated heterocycles. The van der Waals surface area contributed by atoms with Crippen LogP contribution >= 0.6 is 0 Å². The largest absolute Gasteiger partial charge is 0.364 e. The Hall–Kier alpha value is -2.62. The van der Waals surface area contributed by atoms with Crippen LogP contribution in [-0.4, -0.2) is 14.5 Å². The minimum atomic E-state index is 0.183. The highest BCUT2D eigenvalue weighted by molar-refractivity contribution is 5.42. The highest BCUT2D eigenvalue weighted by atomic mass is 15.0. The summed E-state index contributed by atoms with van der Waals surface area (Å²) in [5.41, 5.74) is 3.33. The van der Waals surface area contributed by atoms with Crippen LogP contribution in [0.1, 0.15) is 24.2 Å². The van der Waals surface area contributed by atoms with E-state index in [2.05, 4.69) is 46.5 Å². The molecule has 3 aromatic rings. The Morgan fingerprint density at radius 3 is 2.76 bits per heavy atom. The van der Waals surface area contributed by atoms with E-state index in [0.717, 1.165) is 17.2 Å². The molecule has 1 unspecified atom stereocenters. The van der Waals surface area contributed by atoms with E-state index >= 15 is 0 Å². The van der Waals surface area contributed by atoms with Crippen molar-refractivity contribution < 1.29 is 0 Å². The number of nitrogens with one attached hydrogen (secondary N) is 1. The Morgan fingerprint density at radius 2 is 2.00 bits per heavy atom. The van der Waals surface area contributed by atoms with Crippen molar-refractivity contribution >= 4 is 5.82 Å². The lowest BCUT2D eigenvalue weighted by Crippen LogP contribution is -2.08. The van der Waals surface area contributed by atoms with Crippen molar-refractivity contribution in [3.05, 3.63) is 72.4 Å². The molecule has 0 aliphatic heterocycles. The second-order valence-electron chi connectivity index (χ2n) is 5.10. The summed E-state index contributed by atoms with van der Waals surface area (Å²) in [7, 11) is 0. The van der Waals surface area contributed by atoms with Crippen molar-refractivity contribution in [3.63, 3.8) is 0 Å². The summed E-state index contributed by atoms with van der Waals surface area (Å²) in [4.78, 5) is 8.57. The third-order valence-corrected chi connectivity index (χ3v) is 3.43. The number of aromatic nitrogens is 3. The van der Waals surface area contributed by atoms with E-state index in [4.69, 9.17) is 0 Å². The van der Waals surface area contributed by atoms with Gasteiger partial charge >= 0.3 is 0 Å². The number of hydrogen-bond acceptors (Lipinski definition) is 3. The SMILES string of the molecule is Cc1cccc(NC(C)c2cccc(-n3ccnc3)c2)n1. The molecule has 0 radical (unpaired) electrons. The van der Waals surface area contributed by atoms with Gasteiger partial charge in [0.15, 0.2) is 0 Å². The van der Waals surface area contributed by atoms with Crippen LogP contribution in [0.4, 0.5) is 5.82 Å². The maximum absolute atomic E-state index is 4.48. The van der Waals surface area contributed by atoms with Crippen molar-refractivity contribution in [2.45, 2.75) is 19.9 Å². The Balaban J connectivity index is 1.81. The summed E-state index contributed by atoms with van der Waals surface area (Å²) in [5, 5.41) is 3.44. The smallest absolute Gasteiger partial charge is 0.126 e. The van der Waals surface area contributed by atoms with E-state index in [1.165, 1.54) is 5.56 Å². The summed E-state index contributed by atoms with van der Waals surface area (Å²) in [5.74, 6) is 0.899. The zero-order chi connectivity index (χ0) is 14.7. The average Bonchev–Trinajstić information content (AvgIpc) is 3.02. The zero-order valence-corrected chi connectivity index (χ0v) is 12.2. The van der Waals surface area contributed by atoms with Crippen LogP contribution in [0, 0.1) is 6.92 Å². The van der Waals surface area contributed by atoms with Gasteiger partial charge in [0.1, 0.15) is 5.82 Å². The van der Waals surface area contributed by atoms with Crippen molar-refractivity contribution in [2.75, 3.05) is 5.32 Å². The molecule has 0 saturated carbocycles. The minimum absolute atomic E-state index is 0.183. The topological polar surface area (TPSA) is 42.7 Å². The van der Waals surface area contributed by atoms with Gasteiger partial charge in [0.05, 0.1) is 12.4 Å². The number of benzene rings is 1. The normalized spacial score (nSPS) is 12.1. The van der Waals surface area contributed by atoms with Crippen molar-refractivity contribution in [3.8, 4) is 5.69 Å². The number of nitrogens with zero attached hydrogens (tertiary/aromatic N) is 3. The monoisotopic (exact) mass is 278 g/mol. The maximum atomic E-state index is 4.48. The van der Waals surface area contributed by atoms with E-state index in [1.807, 2.05) is 35.9 Å². The van der Waals surface area contributed by atoms with Crippen LogP contribution in [0.2, 0.25) is 0 Å². The molecule has 0 aliphatic rings. The molecule has 1 N–H and O–H groups in total. The van der Waals surface area contributed by atoms with Crippen LogP contribution in [-0.2, 0) is 0 Å². The highest BCUT2D eigenvalue weighted by Gasteiger charge is 2.07. The number of rotatable bonds is 4. The quantitative estimate of drug-likeness (QED) is 0.790. The van der Waals surface area contributed by atoms with Gasteiger partial charge in [0.2, 0.25) is 0 Å². The summed E-state index contributed by atoms with van der Waals surface area (Å²) >= 11 is 0. The van der Waals surface area contributed by atoms with Gasteiger partial charge in [0, 0.05) is 23.8 Å². The van der Waals surface area contributed by atoms with Gasteiger partial charge in [-0.3, -0.25) is 0 Å². The van der Waals surface area contributed by atoms with Gasteiger partial charge in [-0.15, -0.1) is 0 Å². The lowest BCUT2D eigenvalue weighted by molar-refractivity contribution is 0.868. The standard InChI is InChI=1S/C17H18N4/c1-13-5-3-8-17(19-13)20-14(2)15-6-4-7-16(11-15)21-10-9-18-12-21/h3-12,14H,1-2H3,(H,19,20). The molecule has 0 aliphatic carbocycles. The van der Waals surface area contributed by atoms with Crippen LogP contribution in [0.15, 0.2) is 61.2 Å². The lowest BCUT2D eigenvalue weighted by Gasteiger charge is -2.16. The van der Waals surface area contributed by atoms with Crippen molar-refractivity contribution in [1.82, 2.24) is 14.5 Å². The first kappa shape index (κ1) is 13.4. The van der Waals surface area contributed by atoms with Crippen LogP contribution in [0.3, 0.4) is 0 Å². The van der Waals surface area contributed by atoms with Crippen LogP contribution in [0.5, 0.6) is 0 Å². The molecular weight excluding hydrogens is 260 g/mol. The van der Waals surface area contributed by atoms with Gasteiger partial charge < -0.3 is 9.88 Å². The molecule has 3 rings (SSSR count). The van der Waals surface area contributed by atoms with Gasteiger partial charge in [-0.1, -0.05) is 18.2 Å². The fraction of sp³-hybridized carbons (Fsp3) is 0.176. The summed E-state index contributed by atoms with van der Waals surface area (Å²) < 4.78 is 2.00. The number of hydrogen-bond donors (Lipinski definition) is 1. The number of anilines is 1. The third kappa shape index (κ3) is 3.11. The molecule has 2 heterocycles. The highest BCUT2D eigenvalue weighted by Crippen LogP contribution is 2.20. The molecule has 2 aromatic heterocycles. The molecule has 21 heavy (non-hydrogen) atoms. The van der Waals surface area contributed by atoms with E-state index in [-0.39, 0.29) is 6.04 Å². The van der Waals surface area contributed by atoms with E-state index in [1.54, 1.807) is 12.5 Å². The first-order chi connectivity index (χ1) is 10.2. The van der Waals surface area contributed by atoms with Gasteiger partial charge in [-0.05, 0) is 43.7 Å². The lowest BCUT2D eigenvalue weighted by atomic mass is 10.1. The molecule has 0 bridgehead atoms. The third-order valence-electron chi connectivity index (χ3n) is 3.43. The van der Waals surface area contributed by atoms with Gasteiger partial charge in [-0.2, -0.15) is 0 Å². The minimum Gasteiger partial charge on any atom is -0.364 e. The molecular formula is C17H18N4. The Bertz CT molecular complexity index is 719. The zero-order valence-electron chi connectivity index (χ0n) is 12.2. The van der Waals surface area contributed by atoms with E-state index < -0.39 is 0 Å². The predicted octanol–water partition coefficient (Wildman–Crippen LogP) is 3.75. The molecule has 0 fully saturated rings. The van der Waals surface area contributed by atoms with E-state index in [0.29, 0.717) is 0 Å². The molecule has 4 nitrogen and oxygen atoms in total. The van der Waals surface area contributed by atoms with Gasteiger partial charge in [-0.25, -0.2) is 9.97 Å². The molecule has 0 amide bonds. The second kappa shape index (κ2) is 5.79. The Kier molecular flexibility index (Phi) is 3.69. The van der Waals surface area contributed by atoms with Crippen molar-refractivity contribution in [2.24, 2.45) is 0 Å². The first-order valence-electron chi connectivity index (χ1n) is 7.01.